The molecule has 0 radical (unpaired) electrons. The number of amides is 3. The van der Waals surface area contributed by atoms with Gasteiger partial charge in [0.25, 0.3) is 0 Å². The Balaban J connectivity index is 2.66. The van der Waals surface area contributed by atoms with Crippen LogP contribution in [0.2, 0.25) is 0 Å². The number of nitrogens with one attached hydrogen (secondary N) is 3. The highest BCUT2D eigenvalue weighted by atomic mass is 16.4. The third-order valence-corrected chi connectivity index (χ3v) is 2.23. The Bertz CT molecular complexity index is 518. The second-order valence-corrected chi connectivity index (χ2v) is 3.93. The average molecular weight is 281 g/mol. The van der Waals surface area contributed by atoms with Crippen LogP contribution >= 0.6 is 0 Å². The van der Waals surface area contributed by atoms with E-state index in [9.17, 15) is 14.4 Å². The first-order valence-corrected chi connectivity index (χ1v) is 5.71. The highest BCUT2D eigenvalue weighted by molar-refractivity contribution is 5.94. The highest BCUT2D eigenvalue weighted by Gasteiger charge is 2.18. The zero-order chi connectivity index (χ0) is 15.1. The summed E-state index contributed by atoms with van der Waals surface area (Å²) in [4.78, 5) is 33.1. The van der Waals surface area contributed by atoms with Crippen LogP contribution in [0.1, 0.15) is 6.92 Å². The Kier molecular flexibility index (Phi) is 5.48. The SMILES string of the molecule is CC(=O)Nc1cccc(NC(=O)N[C@H](CO)C(=O)O)c1. The van der Waals surface area contributed by atoms with E-state index in [0.29, 0.717) is 11.4 Å². The minimum absolute atomic E-state index is 0.252. The Labute approximate surface area is 114 Å². The van der Waals surface area contributed by atoms with Crippen molar-refractivity contribution < 1.29 is 24.6 Å². The summed E-state index contributed by atoms with van der Waals surface area (Å²) in [7, 11) is 0. The second-order valence-electron chi connectivity index (χ2n) is 3.93. The quantitative estimate of drug-likeness (QED) is 0.527. The van der Waals surface area contributed by atoms with Gasteiger partial charge in [0.05, 0.1) is 6.61 Å². The van der Waals surface area contributed by atoms with E-state index in [4.69, 9.17) is 10.2 Å². The topological polar surface area (TPSA) is 128 Å². The van der Waals surface area contributed by atoms with Crippen LogP contribution in [0.3, 0.4) is 0 Å². The molecule has 0 heterocycles. The van der Waals surface area contributed by atoms with E-state index in [0.717, 1.165) is 0 Å². The average Bonchev–Trinajstić information content (AvgIpc) is 2.35. The van der Waals surface area contributed by atoms with Crippen LogP contribution in [-0.2, 0) is 9.59 Å². The number of aliphatic hydroxyl groups excluding tert-OH is 1. The van der Waals surface area contributed by atoms with Crippen LogP contribution in [-0.4, -0.2) is 40.8 Å². The Morgan fingerprint density at radius 2 is 1.80 bits per heavy atom. The van der Waals surface area contributed by atoms with Gasteiger partial charge >= 0.3 is 12.0 Å². The lowest BCUT2D eigenvalue weighted by Gasteiger charge is -2.13. The van der Waals surface area contributed by atoms with Gasteiger partial charge in [0.1, 0.15) is 0 Å². The molecule has 1 aromatic rings. The maximum atomic E-state index is 11.5. The number of aliphatic carboxylic acids is 1. The summed E-state index contributed by atoms with van der Waals surface area (Å²) in [5, 5.41) is 24.5. The molecular formula is C12H15N3O5. The fraction of sp³-hybridized carbons (Fsp3) is 0.250. The van der Waals surface area contributed by atoms with Gasteiger partial charge in [-0.1, -0.05) is 6.07 Å². The molecule has 0 saturated carbocycles. The molecular weight excluding hydrogens is 266 g/mol. The molecule has 20 heavy (non-hydrogen) atoms. The van der Waals surface area contributed by atoms with Crippen molar-refractivity contribution >= 4 is 29.3 Å². The molecule has 8 heteroatoms. The molecule has 0 unspecified atom stereocenters. The minimum Gasteiger partial charge on any atom is -0.480 e. The molecule has 8 nitrogen and oxygen atoms in total. The van der Waals surface area contributed by atoms with Crippen LogP contribution in [0.25, 0.3) is 0 Å². The molecule has 0 aromatic heterocycles. The maximum Gasteiger partial charge on any atom is 0.328 e. The number of urea groups is 1. The summed E-state index contributed by atoms with van der Waals surface area (Å²) >= 11 is 0. The summed E-state index contributed by atoms with van der Waals surface area (Å²) in [5.74, 6) is -1.59. The van der Waals surface area contributed by atoms with E-state index in [1.807, 2.05) is 0 Å². The molecule has 0 spiro atoms. The zero-order valence-electron chi connectivity index (χ0n) is 10.7. The number of benzene rings is 1. The summed E-state index contributed by atoms with van der Waals surface area (Å²) in [6.07, 6.45) is 0. The number of carbonyl (C=O) groups is 3. The van der Waals surface area contributed by atoms with Crippen LogP contribution < -0.4 is 16.0 Å². The van der Waals surface area contributed by atoms with Crippen molar-refractivity contribution in [2.75, 3.05) is 17.2 Å². The molecule has 1 atom stereocenters. The predicted octanol–water partition coefficient (Wildman–Crippen LogP) is 0.212. The molecule has 3 amide bonds. The van der Waals surface area contributed by atoms with E-state index < -0.39 is 24.6 Å². The van der Waals surface area contributed by atoms with E-state index in [-0.39, 0.29) is 5.91 Å². The molecule has 0 bridgehead atoms. The molecule has 0 aliphatic carbocycles. The van der Waals surface area contributed by atoms with Gasteiger partial charge in [0.2, 0.25) is 5.91 Å². The van der Waals surface area contributed by atoms with Crippen molar-refractivity contribution in [3.63, 3.8) is 0 Å². The first kappa shape index (κ1) is 15.4. The lowest BCUT2D eigenvalue weighted by Crippen LogP contribution is -2.45. The van der Waals surface area contributed by atoms with E-state index in [1.165, 1.54) is 13.0 Å². The van der Waals surface area contributed by atoms with Gasteiger partial charge in [0, 0.05) is 18.3 Å². The van der Waals surface area contributed by atoms with Crippen LogP contribution in [0, 0.1) is 0 Å². The molecule has 108 valence electrons. The lowest BCUT2D eigenvalue weighted by atomic mass is 10.2. The predicted molar refractivity (Wildman–Crippen MR) is 71.4 cm³/mol. The molecule has 5 N–H and O–H groups in total. The number of carboxylic acid groups (broad SMARTS) is 1. The molecule has 0 aliphatic heterocycles. The zero-order valence-corrected chi connectivity index (χ0v) is 10.7. The summed E-state index contributed by atoms with van der Waals surface area (Å²) in [6, 6.07) is 4.18. The van der Waals surface area contributed by atoms with Crippen molar-refractivity contribution in [2.45, 2.75) is 13.0 Å². The third kappa shape index (κ3) is 4.94. The summed E-state index contributed by atoms with van der Waals surface area (Å²) in [5.41, 5.74) is 0.864. The molecule has 1 rings (SSSR count). The normalized spacial score (nSPS) is 11.3. The monoisotopic (exact) mass is 281 g/mol. The first-order chi connectivity index (χ1) is 9.42. The Morgan fingerprint density at radius 1 is 1.20 bits per heavy atom. The molecule has 0 fully saturated rings. The van der Waals surface area contributed by atoms with E-state index >= 15 is 0 Å². The number of hydrogen-bond acceptors (Lipinski definition) is 4. The van der Waals surface area contributed by atoms with Crippen molar-refractivity contribution in [3.8, 4) is 0 Å². The van der Waals surface area contributed by atoms with Gasteiger partial charge in [-0.2, -0.15) is 0 Å². The van der Waals surface area contributed by atoms with Gasteiger partial charge in [-0.05, 0) is 18.2 Å². The van der Waals surface area contributed by atoms with Gasteiger partial charge in [0.15, 0.2) is 6.04 Å². The smallest absolute Gasteiger partial charge is 0.328 e. The second kappa shape index (κ2) is 7.10. The van der Waals surface area contributed by atoms with Gasteiger partial charge in [-0.15, -0.1) is 0 Å². The number of aliphatic hydroxyl groups is 1. The van der Waals surface area contributed by atoms with Gasteiger partial charge < -0.3 is 26.2 Å². The van der Waals surface area contributed by atoms with E-state index in [1.54, 1.807) is 18.2 Å². The number of hydrogen-bond donors (Lipinski definition) is 5. The van der Waals surface area contributed by atoms with Gasteiger partial charge in [-0.3, -0.25) is 4.79 Å². The van der Waals surface area contributed by atoms with Crippen molar-refractivity contribution in [3.05, 3.63) is 24.3 Å². The number of rotatable bonds is 5. The first-order valence-electron chi connectivity index (χ1n) is 5.71. The van der Waals surface area contributed by atoms with Crippen molar-refractivity contribution in [1.82, 2.24) is 5.32 Å². The molecule has 0 aliphatic rings. The molecule has 0 saturated heterocycles. The van der Waals surface area contributed by atoms with Crippen LogP contribution in [0.5, 0.6) is 0 Å². The lowest BCUT2D eigenvalue weighted by molar-refractivity contribution is -0.140. The number of carbonyl (C=O) groups excluding carboxylic acids is 2. The third-order valence-electron chi connectivity index (χ3n) is 2.23. The summed E-state index contributed by atoms with van der Waals surface area (Å²) < 4.78 is 0. The van der Waals surface area contributed by atoms with Crippen LogP contribution in [0.4, 0.5) is 16.2 Å². The standard InChI is InChI=1S/C12H15N3O5/c1-7(17)13-8-3-2-4-9(5-8)14-12(20)15-10(6-16)11(18)19/h2-5,10,16H,6H2,1H3,(H,13,17)(H,18,19)(H2,14,15,20)/t10-/m1/s1. The summed E-state index contributed by atoms with van der Waals surface area (Å²) in [6.45, 7) is 0.639. The molecule has 1 aromatic carbocycles. The Hall–Kier alpha value is -2.61. The highest BCUT2D eigenvalue weighted by Crippen LogP contribution is 2.14. The van der Waals surface area contributed by atoms with Gasteiger partial charge in [-0.25, -0.2) is 9.59 Å². The largest absolute Gasteiger partial charge is 0.480 e. The number of carboxylic acids is 1. The Morgan fingerprint density at radius 3 is 2.30 bits per heavy atom. The minimum atomic E-state index is -1.38. The fourth-order valence-corrected chi connectivity index (χ4v) is 1.39. The maximum absolute atomic E-state index is 11.5. The number of anilines is 2. The van der Waals surface area contributed by atoms with Crippen LogP contribution in [0.15, 0.2) is 24.3 Å². The van der Waals surface area contributed by atoms with Crippen molar-refractivity contribution in [1.29, 1.82) is 0 Å². The van der Waals surface area contributed by atoms with E-state index in [2.05, 4.69) is 16.0 Å². The fourth-order valence-electron chi connectivity index (χ4n) is 1.39. The van der Waals surface area contributed by atoms with Crippen molar-refractivity contribution in [2.24, 2.45) is 0 Å².